The predicted octanol–water partition coefficient (Wildman–Crippen LogP) is 2.52. The van der Waals surface area contributed by atoms with Crippen molar-refractivity contribution in [1.82, 2.24) is 0 Å². The zero-order chi connectivity index (χ0) is 13.1. The molecule has 0 aliphatic heterocycles. The zero-order valence-electron chi connectivity index (χ0n) is 9.81. The number of sulfonamides is 1. The molecule has 1 aromatic carbocycles. The van der Waals surface area contributed by atoms with Crippen LogP contribution in [0.25, 0.3) is 0 Å². The van der Waals surface area contributed by atoms with E-state index >= 15 is 0 Å². The second kappa shape index (κ2) is 5.84. The van der Waals surface area contributed by atoms with Gasteiger partial charge in [-0.15, -0.1) is 0 Å². The van der Waals surface area contributed by atoms with Gasteiger partial charge in [0.2, 0.25) is 10.0 Å². The molecule has 1 aromatic rings. The summed E-state index contributed by atoms with van der Waals surface area (Å²) in [6, 6.07) is 4.48. The van der Waals surface area contributed by atoms with Gasteiger partial charge >= 0.3 is 0 Å². The number of rotatable bonds is 5. The smallest absolute Gasteiger partial charge is 0.238 e. The van der Waals surface area contributed by atoms with E-state index in [-0.39, 0.29) is 4.90 Å². The molecule has 96 valence electrons. The second-order valence-corrected chi connectivity index (χ2v) is 6.58. The molecule has 0 spiro atoms. The summed E-state index contributed by atoms with van der Waals surface area (Å²) < 4.78 is 28.4. The van der Waals surface area contributed by atoms with Crippen molar-refractivity contribution < 1.29 is 13.2 Å². The van der Waals surface area contributed by atoms with E-state index in [4.69, 9.17) is 9.88 Å². The summed E-state index contributed by atoms with van der Waals surface area (Å²) in [6.45, 7) is 4.83. The fraction of sp³-hybridized carbons (Fsp3) is 0.455. The van der Waals surface area contributed by atoms with Crippen LogP contribution in [0.5, 0.6) is 5.75 Å². The molecule has 0 unspecified atom stereocenters. The lowest BCUT2D eigenvalue weighted by Gasteiger charge is -2.10. The topological polar surface area (TPSA) is 69.4 Å². The number of benzene rings is 1. The molecular formula is C11H16BrNO3S. The Kier molecular flexibility index (Phi) is 4.97. The van der Waals surface area contributed by atoms with E-state index in [1.165, 1.54) is 12.1 Å². The summed E-state index contributed by atoms with van der Waals surface area (Å²) in [5, 5.41) is 5.03. The van der Waals surface area contributed by atoms with Crippen LogP contribution >= 0.6 is 15.9 Å². The fourth-order valence-corrected chi connectivity index (χ4v) is 2.36. The first kappa shape index (κ1) is 14.5. The van der Waals surface area contributed by atoms with E-state index in [9.17, 15) is 8.42 Å². The number of halogens is 1. The summed E-state index contributed by atoms with van der Waals surface area (Å²) in [4.78, 5) is 0.0700. The van der Waals surface area contributed by atoms with Crippen LogP contribution in [0.4, 0.5) is 0 Å². The third-order valence-electron chi connectivity index (χ3n) is 2.18. The SMILES string of the molecule is CC(C)CCOc1ccc(S(N)(=O)=O)cc1Br. The van der Waals surface area contributed by atoms with Crippen molar-refractivity contribution in [3.63, 3.8) is 0 Å². The minimum atomic E-state index is -3.66. The average molecular weight is 322 g/mol. The van der Waals surface area contributed by atoms with Crippen molar-refractivity contribution in [3.05, 3.63) is 22.7 Å². The lowest BCUT2D eigenvalue weighted by molar-refractivity contribution is 0.287. The molecule has 17 heavy (non-hydrogen) atoms. The standard InChI is InChI=1S/C11H16BrNO3S/c1-8(2)5-6-16-11-4-3-9(7-10(11)12)17(13,14)15/h3-4,7-8H,5-6H2,1-2H3,(H2,13,14,15). The van der Waals surface area contributed by atoms with Gasteiger partial charge in [-0.2, -0.15) is 0 Å². The van der Waals surface area contributed by atoms with E-state index < -0.39 is 10.0 Å². The molecule has 0 heterocycles. The van der Waals surface area contributed by atoms with E-state index in [1.807, 2.05) is 0 Å². The first-order chi connectivity index (χ1) is 7.80. The van der Waals surface area contributed by atoms with Gasteiger partial charge < -0.3 is 4.74 Å². The molecule has 0 aliphatic carbocycles. The van der Waals surface area contributed by atoms with E-state index in [1.54, 1.807) is 6.07 Å². The van der Waals surface area contributed by atoms with Gasteiger partial charge in [-0.3, -0.25) is 0 Å². The summed E-state index contributed by atoms with van der Waals surface area (Å²) in [5.74, 6) is 1.19. The highest BCUT2D eigenvalue weighted by Gasteiger charge is 2.10. The van der Waals surface area contributed by atoms with E-state index in [0.29, 0.717) is 22.7 Å². The molecule has 0 saturated heterocycles. The molecule has 0 radical (unpaired) electrons. The minimum absolute atomic E-state index is 0.0700. The Labute approximate surface area is 110 Å². The third kappa shape index (κ3) is 4.65. The lowest BCUT2D eigenvalue weighted by atomic mass is 10.1. The van der Waals surface area contributed by atoms with Crippen LogP contribution in [0.1, 0.15) is 20.3 Å². The van der Waals surface area contributed by atoms with Crippen molar-refractivity contribution in [2.75, 3.05) is 6.61 Å². The average Bonchev–Trinajstić information content (AvgIpc) is 2.18. The minimum Gasteiger partial charge on any atom is -0.492 e. The van der Waals surface area contributed by atoms with Crippen LogP contribution in [0.2, 0.25) is 0 Å². The molecule has 2 N–H and O–H groups in total. The Morgan fingerprint density at radius 2 is 2.06 bits per heavy atom. The number of ether oxygens (including phenoxy) is 1. The van der Waals surface area contributed by atoms with Gasteiger partial charge in [-0.25, -0.2) is 13.6 Å². The van der Waals surface area contributed by atoms with Crippen molar-refractivity contribution in [2.24, 2.45) is 11.1 Å². The van der Waals surface area contributed by atoms with Crippen LogP contribution in [0.15, 0.2) is 27.6 Å². The molecule has 4 nitrogen and oxygen atoms in total. The maximum Gasteiger partial charge on any atom is 0.238 e. The van der Waals surface area contributed by atoms with Crippen molar-refractivity contribution in [2.45, 2.75) is 25.2 Å². The van der Waals surface area contributed by atoms with Crippen molar-refractivity contribution >= 4 is 26.0 Å². The van der Waals surface area contributed by atoms with Gasteiger partial charge in [0, 0.05) is 0 Å². The Morgan fingerprint density at radius 3 is 2.53 bits per heavy atom. The molecule has 0 bridgehead atoms. The Balaban J connectivity index is 2.77. The van der Waals surface area contributed by atoms with Crippen LogP contribution in [0, 0.1) is 5.92 Å². The van der Waals surface area contributed by atoms with Crippen LogP contribution < -0.4 is 9.88 Å². The number of primary sulfonamides is 1. The van der Waals surface area contributed by atoms with Gasteiger partial charge in [-0.05, 0) is 46.5 Å². The highest BCUT2D eigenvalue weighted by molar-refractivity contribution is 9.10. The zero-order valence-corrected chi connectivity index (χ0v) is 12.2. The van der Waals surface area contributed by atoms with Gasteiger partial charge in [0.05, 0.1) is 16.0 Å². The van der Waals surface area contributed by atoms with Crippen LogP contribution in [0.3, 0.4) is 0 Å². The predicted molar refractivity (Wildman–Crippen MR) is 70.5 cm³/mol. The van der Waals surface area contributed by atoms with Crippen LogP contribution in [-0.2, 0) is 10.0 Å². The number of nitrogens with two attached hydrogens (primary N) is 1. The molecule has 0 fully saturated rings. The van der Waals surface area contributed by atoms with E-state index in [0.717, 1.165) is 6.42 Å². The summed E-state index contributed by atoms with van der Waals surface area (Å²) in [5.41, 5.74) is 0. The van der Waals surface area contributed by atoms with Crippen molar-refractivity contribution in [1.29, 1.82) is 0 Å². The summed E-state index contributed by atoms with van der Waals surface area (Å²) >= 11 is 3.26. The van der Waals surface area contributed by atoms with Gasteiger partial charge in [0.15, 0.2) is 0 Å². The van der Waals surface area contributed by atoms with Gasteiger partial charge in [-0.1, -0.05) is 13.8 Å². The number of hydrogen-bond donors (Lipinski definition) is 1. The maximum atomic E-state index is 11.1. The lowest BCUT2D eigenvalue weighted by Crippen LogP contribution is -2.12. The Morgan fingerprint density at radius 1 is 1.41 bits per heavy atom. The fourth-order valence-electron chi connectivity index (χ4n) is 1.18. The highest BCUT2D eigenvalue weighted by atomic mass is 79.9. The Hall–Kier alpha value is -0.590. The molecule has 6 heteroatoms. The molecular weight excluding hydrogens is 306 g/mol. The summed E-state index contributed by atoms with van der Waals surface area (Å²) in [6.07, 6.45) is 0.948. The van der Waals surface area contributed by atoms with Crippen LogP contribution in [-0.4, -0.2) is 15.0 Å². The van der Waals surface area contributed by atoms with E-state index in [2.05, 4.69) is 29.8 Å². The molecule has 1 rings (SSSR count). The maximum absolute atomic E-state index is 11.1. The monoisotopic (exact) mass is 321 g/mol. The first-order valence-electron chi connectivity index (χ1n) is 5.26. The summed E-state index contributed by atoms with van der Waals surface area (Å²) in [7, 11) is -3.66. The largest absolute Gasteiger partial charge is 0.492 e. The first-order valence-corrected chi connectivity index (χ1v) is 7.60. The molecule has 0 amide bonds. The quantitative estimate of drug-likeness (QED) is 0.905. The highest BCUT2D eigenvalue weighted by Crippen LogP contribution is 2.27. The molecule has 0 atom stereocenters. The van der Waals surface area contributed by atoms with Crippen molar-refractivity contribution in [3.8, 4) is 5.75 Å². The van der Waals surface area contributed by atoms with Gasteiger partial charge in [0.25, 0.3) is 0 Å². The third-order valence-corrected chi connectivity index (χ3v) is 3.72. The van der Waals surface area contributed by atoms with Gasteiger partial charge in [0.1, 0.15) is 5.75 Å². The molecule has 0 saturated carbocycles. The normalized spacial score (nSPS) is 11.8. The second-order valence-electron chi connectivity index (χ2n) is 4.17. The Bertz CT molecular complexity index is 485. The number of hydrogen-bond acceptors (Lipinski definition) is 3. The molecule has 0 aliphatic rings. The molecule has 0 aromatic heterocycles.